The minimum absolute atomic E-state index is 0.100. The molecule has 0 N–H and O–H groups in total. The van der Waals surface area contributed by atoms with Crippen LogP contribution in [0, 0.1) is 22.7 Å². The van der Waals surface area contributed by atoms with Gasteiger partial charge in [0.25, 0.3) is 0 Å². The smallest absolute Gasteiger partial charge is 0.223 e. The summed E-state index contributed by atoms with van der Waals surface area (Å²) >= 11 is 0. The molecule has 6 heteroatoms. The summed E-state index contributed by atoms with van der Waals surface area (Å²) in [6.45, 7) is 7.77. The van der Waals surface area contributed by atoms with Crippen molar-refractivity contribution in [3.05, 3.63) is 48.0 Å². The monoisotopic (exact) mass is 488 g/mol. The topological polar surface area (TPSA) is 50.5 Å². The van der Waals surface area contributed by atoms with Gasteiger partial charge in [0, 0.05) is 62.8 Å². The van der Waals surface area contributed by atoms with E-state index in [0.717, 1.165) is 32.6 Å². The van der Waals surface area contributed by atoms with Crippen molar-refractivity contribution in [2.75, 3.05) is 13.1 Å². The minimum Gasteiger partial charge on any atom is -0.348 e. The number of hydrogen-bond acceptors (Lipinski definition) is 2. The summed E-state index contributed by atoms with van der Waals surface area (Å²) in [5, 5.41) is 0. The second-order valence-corrected chi connectivity index (χ2v) is 13.1. The summed E-state index contributed by atoms with van der Waals surface area (Å²) in [5.41, 5.74) is 2.71. The third-order valence-corrected chi connectivity index (χ3v) is 10.7. The van der Waals surface area contributed by atoms with Gasteiger partial charge in [0.1, 0.15) is 0 Å². The normalized spacial score (nSPS) is 36.6. The van der Waals surface area contributed by atoms with E-state index in [4.69, 9.17) is 0 Å². The molecule has 4 fully saturated rings. The average molecular weight is 489 g/mol. The maximum Gasteiger partial charge on any atom is 0.223 e. The second kappa shape index (κ2) is 8.00. The number of carbonyl (C=O) groups excluding carboxylic acids is 2. The molecular formula is C30H40N4O2. The maximum absolute atomic E-state index is 13.8. The molecule has 0 saturated heterocycles. The summed E-state index contributed by atoms with van der Waals surface area (Å²) in [5.74, 6) is 2.06. The van der Waals surface area contributed by atoms with Crippen LogP contribution in [0.1, 0.15) is 88.7 Å². The third-order valence-electron chi connectivity index (χ3n) is 10.7. The number of amides is 2. The summed E-state index contributed by atoms with van der Waals surface area (Å²) in [6, 6.07) is 8.80. The van der Waals surface area contributed by atoms with Crippen LogP contribution < -0.4 is 0 Å². The first kappa shape index (κ1) is 22.7. The lowest BCUT2D eigenvalue weighted by Gasteiger charge is -2.62. The Hall–Kier alpha value is -2.50. The van der Waals surface area contributed by atoms with E-state index in [1.54, 1.807) is 0 Å². The molecule has 36 heavy (non-hydrogen) atoms. The van der Waals surface area contributed by atoms with Crippen molar-refractivity contribution in [3.63, 3.8) is 0 Å². The lowest BCUT2D eigenvalue weighted by atomic mass is 9.43. The minimum atomic E-state index is 0.100. The molecule has 2 amide bonds. The molecule has 2 aromatic rings. The van der Waals surface area contributed by atoms with E-state index in [9.17, 15) is 9.59 Å². The molecule has 2 aliphatic heterocycles. The Labute approximate surface area is 214 Å². The SMILES string of the molecule is CC1c2cccn2CCN1C(=O)CC12CC3CC(C1)CC(CC(=O)N1CCn4cccc4C1C)(C3)C2. The predicted molar refractivity (Wildman–Crippen MR) is 138 cm³/mol. The van der Waals surface area contributed by atoms with Crippen molar-refractivity contribution >= 4 is 11.8 Å². The molecule has 8 rings (SSSR count). The van der Waals surface area contributed by atoms with Crippen LogP contribution in [0.5, 0.6) is 0 Å². The van der Waals surface area contributed by atoms with Crippen molar-refractivity contribution in [1.82, 2.24) is 18.9 Å². The van der Waals surface area contributed by atoms with Crippen LogP contribution >= 0.6 is 0 Å². The first-order valence-electron chi connectivity index (χ1n) is 14.2. The Morgan fingerprint density at radius 3 is 1.64 bits per heavy atom. The van der Waals surface area contributed by atoms with Gasteiger partial charge in [-0.15, -0.1) is 0 Å². The molecule has 192 valence electrons. The molecular weight excluding hydrogens is 448 g/mol. The highest BCUT2D eigenvalue weighted by molar-refractivity contribution is 5.79. The number of carbonyl (C=O) groups is 2. The molecule has 0 radical (unpaired) electrons. The highest BCUT2D eigenvalue weighted by atomic mass is 16.2. The van der Waals surface area contributed by atoms with E-state index >= 15 is 0 Å². The van der Waals surface area contributed by atoms with Gasteiger partial charge < -0.3 is 18.9 Å². The Morgan fingerprint density at radius 2 is 1.19 bits per heavy atom. The zero-order valence-corrected chi connectivity index (χ0v) is 21.9. The standard InChI is InChI=1S/C30H40N4O2/c1-21-25-5-3-7-31(25)9-11-33(21)27(35)18-29-14-23-13-24(15-29)17-30(16-23,20-29)19-28(36)34-12-10-32-8-4-6-26(32)22(34)2/h3-8,21-24H,9-20H2,1-2H3. The van der Waals surface area contributed by atoms with Gasteiger partial charge in [-0.3, -0.25) is 9.59 Å². The fraction of sp³-hybridized carbons (Fsp3) is 0.667. The molecule has 4 aliphatic carbocycles. The Balaban J connectivity index is 1.08. The van der Waals surface area contributed by atoms with Gasteiger partial charge in [0.05, 0.1) is 12.1 Å². The van der Waals surface area contributed by atoms with Crippen LogP contribution in [0.2, 0.25) is 0 Å². The van der Waals surface area contributed by atoms with E-state index < -0.39 is 0 Å². The van der Waals surface area contributed by atoms with Gasteiger partial charge >= 0.3 is 0 Å². The number of nitrogens with zero attached hydrogens (tertiary/aromatic N) is 4. The first-order chi connectivity index (χ1) is 17.3. The summed E-state index contributed by atoms with van der Waals surface area (Å²) in [7, 11) is 0. The van der Waals surface area contributed by atoms with Gasteiger partial charge in [-0.05, 0) is 99.3 Å². The lowest BCUT2D eigenvalue weighted by molar-refractivity contribution is -0.157. The highest BCUT2D eigenvalue weighted by Gasteiger charge is 2.59. The Kier molecular flexibility index (Phi) is 5.04. The highest BCUT2D eigenvalue weighted by Crippen LogP contribution is 2.67. The van der Waals surface area contributed by atoms with Crippen LogP contribution in [-0.2, 0) is 22.7 Å². The van der Waals surface area contributed by atoms with Crippen molar-refractivity contribution in [3.8, 4) is 0 Å². The quantitative estimate of drug-likeness (QED) is 0.597. The number of aromatic nitrogens is 2. The zero-order valence-electron chi connectivity index (χ0n) is 21.9. The van der Waals surface area contributed by atoms with Crippen molar-refractivity contribution < 1.29 is 9.59 Å². The van der Waals surface area contributed by atoms with Gasteiger partial charge in [-0.1, -0.05) is 0 Å². The molecule has 2 unspecified atom stereocenters. The van der Waals surface area contributed by atoms with Crippen LogP contribution in [0.3, 0.4) is 0 Å². The molecule has 6 aliphatic rings. The number of rotatable bonds is 4. The fourth-order valence-corrected chi connectivity index (χ4v) is 9.75. The maximum atomic E-state index is 13.8. The van der Waals surface area contributed by atoms with E-state index in [0.29, 0.717) is 36.5 Å². The van der Waals surface area contributed by atoms with Crippen LogP contribution in [0.15, 0.2) is 36.7 Å². The molecule has 2 aromatic heterocycles. The largest absolute Gasteiger partial charge is 0.348 e. The first-order valence-corrected chi connectivity index (χ1v) is 14.2. The van der Waals surface area contributed by atoms with Crippen molar-refractivity contribution in [1.29, 1.82) is 0 Å². The van der Waals surface area contributed by atoms with E-state index in [1.807, 2.05) is 0 Å². The van der Waals surface area contributed by atoms with Gasteiger partial charge in [0.2, 0.25) is 11.8 Å². The molecule has 0 spiro atoms. The Morgan fingerprint density at radius 1 is 0.750 bits per heavy atom. The predicted octanol–water partition coefficient (Wildman–Crippen LogP) is 5.16. The summed E-state index contributed by atoms with van der Waals surface area (Å²) < 4.78 is 4.58. The van der Waals surface area contributed by atoms with E-state index in [-0.39, 0.29) is 22.9 Å². The van der Waals surface area contributed by atoms with E-state index in [1.165, 1.54) is 43.5 Å². The zero-order chi connectivity index (χ0) is 24.7. The van der Waals surface area contributed by atoms with E-state index in [2.05, 4.69) is 69.4 Å². The number of fused-ring (bicyclic) bond motifs is 2. The van der Waals surface area contributed by atoms with Gasteiger partial charge in [-0.2, -0.15) is 0 Å². The van der Waals surface area contributed by atoms with Gasteiger partial charge in [-0.25, -0.2) is 0 Å². The van der Waals surface area contributed by atoms with Crippen LogP contribution in [0.25, 0.3) is 0 Å². The molecule has 6 nitrogen and oxygen atoms in total. The lowest BCUT2D eigenvalue weighted by Crippen LogP contribution is -2.55. The van der Waals surface area contributed by atoms with Crippen LogP contribution in [-0.4, -0.2) is 43.8 Å². The molecule has 4 saturated carbocycles. The number of hydrogen-bond donors (Lipinski definition) is 0. The second-order valence-electron chi connectivity index (χ2n) is 13.1. The van der Waals surface area contributed by atoms with Crippen molar-refractivity contribution in [2.45, 2.75) is 90.4 Å². The fourth-order valence-electron chi connectivity index (χ4n) is 9.75. The summed E-state index contributed by atoms with van der Waals surface area (Å²) in [6.07, 6.45) is 12.8. The Bertz CT molecular complexity index is 1090. The van der Waals surface area contributed by atoms with Gasteiger partial charge in [0.15, 0.2) is 0 Å². The molecule has 0 aromatic carbocycles. The third kappa shape index (κ3) is 3.50. The molecule has 2 atom stereocenters. The van der Waals surface area contributed by atoms with Crippen molar-refractivity contribution in [2.24, 2.45) is 22.7 Å². The van der Waals surface area contributed by atoms with Crippen LogP contribution in [0.4, 0.5) is 0 Å². The summed E-state index contributed by atoms with van der Waals surface area (Å²) in [4.78, 5) is 31.8. The molecule has 4 heterocycles. The molecule has 4 bridgehead atoms. The average Bonchev–Trinajstić information content (AvgIpc) is 3.48.